The van der Waals surface area contributed by atoms with Crippen molar-refractivity contribution in [2.75, 3.05) is 52.9 Å². The Bertz CT molecular complexity index is 919. The molecule has 32 heavy (non-hydrogen) atoms. The van der Waals surface area contributed by atoms with Crippen LogP contribution in [0.25, 0.3) is 0 Å². The first-order chi connectivity index (χ1) is 15.6. The van der Waals surface area contributed by atoms with Gasteiger partial charge in [0.1, 0.15) is 0 Å². The third kappa shape index (κ3) is 4.47. The summed E-state index contributed by atoms with van der Waals surface area (Å²) in [5.41, 5.74) is 3.72. The standard InChI is InChI=1S/C25H35N5O2/c1-27-8-5-9-29(11-10-27)18-23-24(22-16-26-28(2)17-22)30(12-13-32-23)25(31)21-14-19-6-3-4-7-20(19)15-21/h3-4,6-7,16-17,21,23-24H,5,8-15,18H2,1-2H3/t23-,24-/m0/s1. The van der Waals surface area contributed by atoms with Crippen molar-refractivity contribution >= 4 is 5.91 Å². The van der Waals surface area contributed by atoms with Gasteiger partial charge in [0.25, 0.3) is 0 Å². The van der Waals surface area contributed by atoms with Gasteiger partial charge in [0.15, 0.2) is 0 Å². The summed E-state index contributed by atoms with van der Waals surface area (Å²) in [7, 11) is 4.13. The predicted molar refractivity (Wildman–Crippen MR) is 123 cm³/mol. The van der Waals surface area contributed by atoms with E-state index in [0.717, 1.165) is 51.1 Å². The number of aromatic nitrogens is 2. The molecule has 5 rings (SSSR count). The number of likely N-dealkylation sites (N-methyl/N-ethyl adjacent to an activating group) is 1. The van der Waals surface area contributed by atoms with Gasteiger partial charge < -0.3 is 14.5 Å². The topological polar surface area (TPSA) is 53.8 Å². The van der Waals surface area contributed by atoms with Crippen molar-refractivity contribution in [2.24, 2.45) is 13.0 Å². The van der Waals surface area contributed by atoms with Crippen LogP contribution in [-0.2, 0) is 29.4 Å². The van der Waals surface area contributed by atoms with Crippen LogP contribution in [0.3, 0.4) is 0 Å². The molecule has 0 N–H and O–H groups in total. The fourth-order valence-electron chi connectivity index (χ4n) is 5.63. The Morgan fingerprint density at radius 3 is 2.56 bits per heavy atom. The number of benzene rings is 1. The first kappa shape index (κ1) is 21.6. The molecule has 7 heteroatoms. The molecule has 0 spiro atoms. The lowest BCUT2D eigenvalue weighted by Gasteiger charge is -2.43. The van der Waals surface area contributed by atoms with Crippen LogP contribution in [0.15, 0.2) is 36.7 Å². The van der Waals surface area contributed by atoms with E-state index in [1.807, 2.05) is 24.1 Å². The van der Waals surface area contributed by atoms with Crippen LogP contribution in [0.1, 0.15) is 29.2 Å². The van der Waals surface area contributed by atoms with Gasteiger partial charge >= 0.3 is 0 Å². The molecule has 2 atom stereocenters. The number of rotatable bonds is 4. The second-order valence-electron chi connectivity index (χ2n) is 9.66. The SMILES string of the molecule is CN1CCCN(C[C@@H]2OCCN(C(=O)C3Cc4ccccc4C3)[C@H]2c2cnn(C)c2)CC1. The van der Waals surface area contributed by atoms with E-state index in [9.17, 15) is 4.79 Å². The van der Waals surface area contributed by atoms with Crippen LogP contribution in [-0.4, -0.2) is 89.4 Å². The summed E-state index contributed by atoms with van der Waals surface area (Å²) < 4.78 is 8.17. The zero-order valence-electron chi connectivity index (χ0n) is 19.3. The van der Waals surface area contributed by atoms with Crippen LogP contribution >= 0.6 is 0 Å². The molecular formula is C25H35N5O2. The molecule has 1 aliphatic carbocycles. The average molecular weight is 438 g/mol. The number of hydrogen-bond donors (Lipinski definition) is 0. The quantitative estimate of drug-likeness (QED) is 0.729. The Balaban J connectivity index is 1.37. The smallest absolute Gasteiger partial charge is 0.227 e. The number of nitrogens with zero attached hydrogens (tertiary/aromatic N) is 5. The monoisotopic (exact) mass is 437 g/mol. The van der Waals surface area contributed by atoms with Crippen molar-refractivity contribution in [3.05, 3.63) is 53.3 Å². The molecule has 1 aromatic heterocycles. The fraction of sp³-hybridized carbons (Fsp3) is 0.600. The van der Waals surface area contributed by atoms with E-state index in [1.54, 1.807) is 0 Å². The Morgan fingerprint density at radius 2 is 1.84 bits per heavy atom. The zero-order valence-corrected chi connectivity index (χ0v) is 19.3. The van der Waals surface area contributed by atoms with Crippen molar-refractivity contribution in [2.45, 2.75) is 31.4 Å². The van der Waals surface area contributed by atoms with Gasteiger partial charge in [0, 0.05) is 50.9 Å². The number of ether oxygens (including phenoxy) is 1. The van der Waals surface area contributed by atoms with E-state index in [1.165, 1.54) is 17.5 Å². The Hall–Kier alpha value is -2.22. The normalized spacial score (nSPS) is 25.6. The average Bonchev–Trinajstić information content (AvgIpc) is 3.37. The third-order valence-corrected chi connectivity index (χ3v) is 7.35. The molecule has 2 aliphatic heterocycles. The third-order valence-electron chi connectivity index (χ3n) is 7.35. The van der Waals surface area contributed by atoms with Gasteiger partial charge in [-0.1, -0.05) is 24.3 Å². The van der Waals surface area contributed by atoms with Crippen LogP contribution in [0.2, 0.25) is 0 Å². The summed E-state index contributed by atoms with van der Waals surface area (Å²) in [5, 5.41) is 4.42. The van der Waals surface area contributed by atoms with Crippen molar-refractivity contribution in [1.29, 1.82) is 0 Å². The maximum absolute atomic E-state index is 13.8. The number of carbonyl (C=O) groups is 1. The highest BCUT2D eigenvalue weighted by atomic mass is 16.5. The fourth-order valence-corrected chi connectivity index (χ4v) is 5.63. The lowest BCUT2D eigenvalue weighted by molar-refractivity contribution is -0.152. The number of amides is 1. The summed E-state index contributed by atoms with van der Waals surface area (Å²) in [6.07, 6.45) is 6.77. The van der Waals surface area contributed by atoms with E-state index in [0.29, 0.717) is 13.2 Å². The van der Waals surface area contributed by atoms with Crippen molar-refractivity contribution in [3.63, 3.8) is 0 Å². The van der Waals surface area contributed by atoms with Gasteiger partial charge in [-0.2, -0.15) is 5.10 Å². The molecule has 2 aromatic rings. The first-order valence-corrected chi connectivity index (χ1v) is 12.0. The summed E-state index contributed by atoms with van der Waals surface area (Å²) in [4.78, 5) is 20.8. The summed E-state index contributed by atoms with van der Waals surface area (Å²) >= 11 is 0. The number of aryl methyl sites for hydroxylation is 1. The van der Waals surface area contributed by atoms with Gasteiger partial charge in [-0.3, -0.25) is 14.4 Å². The first-order valence-electron chi connectivity index (χ1n) is 12.0. The molecule has 1 aromatic carbocycles. The van der Waals surface area contributed by atoms with E-state index in [-0.39, 0.29) is 24.0 Å². The van der Waals surface area contributed by atoms with Crippen LogP contribution in [0.5, 0.6) is 0 Å². The molecule has 0 radical (unpaired) electrons. The maximum atomic E-state index is 13.8. The molecule has 0 saturated carbocycles. The largest absolute Gasteiger partial charge is 0.373 e. The minimum atomic E-state index is -0.0883. The van der Waals surface area contributed by atoms with Gasteiger partial charge in [-0.25, -0.2) is 0 Å². The Labute approximate surface area is 190 Å². The molecule has 172 valence electrons. The summed E-state index contributed by atoms with van der Waals surface area (Å²) in [6.45, 7) is 6.43. The van der Waals surface area contributed by atoms with Gasteiger partial charge in [-0.15, -0.1) is 0 Å². The molecule has 0 bridgehead atoms. The molecule has 2 saturated heterocycles. The summed E-state index contributed by atoms with van der Waals surface area (Å²) in [6, 6.07) is 8.40. The molecular weight excluding hydrogens is 402 g/mol. The minimum absolute atomic E-state index is 0.0251. The second-order valence-corrected chi connectivity index (χ2v) is 9.66. The Morgan fingerprint density at radius 1 is 1.06 bits per heavy atom. The molecule has 0 unspecified atom stereocenters. The molecule has 1 amide bonds. The van der Waals surface area contributed by atoms with Crippen LogP contribution < -0.4 is 0 Å². The van der Waals surface area contributed by atoms with Gasteiger partial charge in [0.2, 0.25) is 5.91 Å². The van der Waals surface area contributed by atoms with Crippen LogP contribution in [0, 0.1) is 5.92 Å². The van der Waals surface area contributed by atoms with Gasteiger partial charge in [0.05, 0.1) is 24.9 Å². The zero-order chi connectivity index (χ0) is 22.1. The van der Waals surface area contributed by atoms with Crippen LogP contribution in [0.4, 0.5) is 0 Å². The van der Waals surface area contributed by atoms with Crippen molar-refractivity contribution in [3.8, 4) is 0 Å². The van der Waals surface area contributed by atoms with Crippen molar-refractivity contribution < 1.29 is 9.53 Å². The second kappa shape index (κ2) is 9.33. The number of carbonyl (C=O) groups excluding carboxylic acids is 1. The highest BCUT2D eigenvalue weighted by Gasteiger charge is 2.41. The Kier molecular flexibility index (Phi) is 6.31. The molecule has 3 heterocycles. The van der Waals surface area contributed by atoms with Gasteiger partial charge in [-0.05, 0) is 50.5 Å². The van der Waals surface area contributed by atoms with E-state index >= 15 is 0 Å². The minimum Gasteiger partial charge on any atom is -0.373 e. The van der Waals surface area contributed by atoms with E-state index < -0.39 is 0 Å². The highest BCUT2D eigenvalue weighted by Crippen LogP contribution is 2.35. The number of fused-ring (bicyclic) bond motifs is 1. The molecule has 7 nitrogen and oxygen atoms in total. The number of hydrogen-bond acceptors (Lipinski definition) is 5. The molecule has 3 aliphatic rings. The van der Waals surface area contributed by atoms with E-state index in [4.69, 9.17) is 4.74 Å². The lowest BCUT2D eigenvalue weighted by Crippen LogP contribution is -2.53. The maximum Gasteiger partial charge on any atom is 0.227 e. The van der Waals surface area contributed by atoms with E-state index in [2.05, 4.69) is 51.1 Å². The molecule has 2 fully saturated rings. The lowest BCUT2D eigenvalue weighted by atomic mass is 9.96. The highest BCUT2D eigenvalue weighted by molar-refractivity contribution is 5.81. The number of morpholine rings is 1. The predicted octanol–water partition coefficient (Wildman–Crippen LogP) is 1.74. The summed E-state index contributed by atoms with van der Waals surface area (Å²) in [5.74, 6) is 0.288. The van der Waals surface area contributed by atoms with Crippen molar-refractivity contribution in [1.82, 2.24) is 24.5 Å².